The second kappa shape index (κ2) is 4.66. The number of hydrogen-bond acceptors (Lipinski definition) is 0. The third-order valence-electron chi connectivity index (χ3n) is 2.42. The Labute approximate surface area is 84.8 Å². The van der Waals surface area contributed by atoms with Gasteiger partial charge in [-0.1, -0.05) is 30.3 Å². The lowest BCUT2D eigenvalue weighted by Crippen LogP contribution is -1.89. The summed E-state index contributed by atoms with van der Waals surface area (Å²) in [4.78, 5) is 3.22. The molecule has 0 amide bonds. The van der Waals surface area contributed by atoms with Crippen LogP contribution in [0.1, 0.15) is 17.7 Å². The molecule has 1 N–H and O–H groups in total. The summed E-state index contributed by atoms with van der Waals surface area (Å²) in [5.74, 6) is 0. The quantitative estimate of drug-likeness (QED) is 0.753. The minimum Gasteiger partial charge on any atom is -0.365 e. The number of H-pyrrole nitrogens is 1. The Hall–Kier alpha value is -1.50. The summed E-state index contributed by atoms with van der Waals surface area (Å²) in [5, 5.41) is 0. The second-order valence-corrected chi connectivity index (χ2v) is 3.53. The van der Waals surface area contributed by atoms with Crippen molar-refractivity contribution in [1.82, 2.24) is 4.98 Å². The summed E-state index contributed by atoms with van der Waals surface area (Å²) in [5.41, 5.74) is 2.76. The third-order valence-corrected chi connectivity index (χ3v) is 2.42. The van der Waals surface area contributed by atoms with Crippen molar-refractivity contribution in [2.45, 2.75) is 19.3 Å². The molecule has 1 aromatic carbocycles. The van der Waals surface area contributed by atoms with E-state index in [1.807, 2.05) is 6.20 Å². The fraction of sp³-hybridized carbons (Fsp3) is 0.231. The van der Waals surface area contributed by atoms with Gasteiger partial charge in [0.25, 0.3) is 0 Å². The summed E-state index contributed by atoms with van der Waals surface area (Å²) in [6.07, 6.45) is 5.50. The van der Waals surface area contributed by atoms with Crippen LogP contribution in [0, 0.1) is 0 Å². The lowest BCUT2D eigenvalue weighted by atomic mass is 10.1. The highest BCUT2D eigenvalue weighted by Crippen LogP contribution is 2.06. The van der Waals surface area contributed by atoms with E-state index >= 15 is 0 Å². The highest BCUT2D eigenvalue weighted by atomic mass is 14.7. The van der Waals surface area contributed by atoms with Crippen molar-refractivity contribution in [2.24, 2.45) is 0 Å². The molecule has 0 radical (unpaired) electrons. The zero-order chi connectivity index (χ0) is 9.64. The first-order chi connectivity index (χ1) is 6.95. The van der Waals surface area contributed by atoms with Gasteiger partial charge in [0.1, 0.15) is 0 Å². The number of aromatic nitrogens is 1. The van der Waals surface area contributed by atoms with Crippen LogP contribution in [-0.4, -0.2) is 4.98 Å². The van der Waals surface area contributed by atoms with Crippen LogP contribution < -0.4 is 0 Å². The summed E-state index contributed by atoms with van der Waals surface area (Å²) in [6, 6.07) is 14.8. The Morgan fingerprint density at radius 1 is 0.857 bits per heavy atom. The van der Waals surface area contributed by atoms with Crippen LogP contribution in [0.5, 0.6) is 0 Å². The van der Waals surface area contributed by atoms with Crippen LogP contribution in [0.3, 0.4) is 0 Å². The number of nitrogens with one attached hydrogen (secondary N) is 1. The summed E-state index contributed by atoms with van der Waals surface area (Å²) >= 11 is 0. The van der Waals surface area contributed by atoms with Gasteiger partial charge in [0.2, 0.25) is 0 Å². The van der Waals surface area contributed by atoms with Gasteiger partial charge in [-0.3, -0.25) is 0 Å². The number of aromatic amines is 1. The molecule has 0 atom stereocenters. The average Bonchev–Trinajstić information content (AvgIpc) is 2.72. The van der Waals surface area contributed by atoms with Crippen molar-refractivity contribution in [3.05, 3.63) is 59.9 Å². The molecule has 0 saturated carbocycles. The van der Waals surface area contributed by atoms with Crippen molar-refractivity contribution < 1.29 is 0 Å². The van der Waals surface area contributed by atoms with Gasteiger partial charge in [-0.15, -0.1) is 0 Å². The minimum atomic E-state index is 1.14. The first-order valence-corrected chi connectivity index (χ1v) is 5.11. The SMILES string of the molecule is c1ccc(CCCc2ccc[nH]2)cc1. The molecular formula is C13H15N. The first-order valence-electron chi connectivity index (χ1n) is 5.11. The molecule has 0 bridgehead atoms. The second-order valence-electron chi connectivity index (χ2n) is 3.53. The van der Waals surface area contributed by atoms with E-state index in [-0.39, 0.29) is 0 Å². The van der Waals surface area contributed by atoms with E-state index in [4.69, 9.17) is 0 Å². The first kappa shape index (κ1) is 9.07. The smallest absolute Gasteiger partial charge is 0.0147 e. The fourth-order valence-corrected chi connectivity index (χ4v) is 1.65. The Morgan fingerprint density at radius 2 is 1.71 bits per heavy atom. The van der Waals surface area contributed by atoms with Crippen LogP contribution in [0.15, 0.2) is 48.7 Å². The molecule has 14 heavy (non-hydrogen) atoms. The van der Waals surface area contributed by atoms with Crippen molar-refractivity contribution >= 4 is 0 Å². The van der Waals surface area contributed by atoms with Crippen molar-refractivity contribution in [3.63, 3.8) is 0 Å². The predicted octanol–water partition coefficient (Wildman–Crippen LogP) is 3.19. The molecule has 0 aliphatic heterocycles. The fourth-order valence-electron chi connectivity index (χ4n) is 1.65. The monoisotopic (exact) mass is 185 g/mol. The van der Waals surface area contributed by atoms with Crippen LogP contribution >= 0.6 is 0 Å². The van der Waals surface area contributed by atoms with Crippen molar-refractivity contribution in [1.29, 1.82) is 0 Å². The van der Waals surface area contributed by atoms with Gasteiger partial charge < -0.3 is 4.98 Å². The van der Waals surface area contributed by atoms with Crippen LogP contribution in [0.25, 0.3) is 0 Å². The summed E-state index contributed by atoms with van der Waals surface area (Å²) in [7, 11) is 0. The predicted molar refractivity (Wildman–Crippen MR) is 59.3 cm³/mol. The Kier molecular flexibility index (Phi) is 3.02. The number of rotatable bonds is 4. The number of aryl methyl sites for hydroxylation is 2. The Bertz CT molecular complexity index is 348. The highest BCUT2D eigenvalue weighted by Gasteiger charge is 1.94. The maximum Gasteiger partial charge on any atom is 0.0147 e. The van der Waals surface area contributed by atoms with Gasteiger partial charge in [-0.05, 0) is 37.0 Å². The Morgan fingerprint density at radius 3 is 2.43 bits per heavy atom. The normalized spacial score (nSPS) is 10.3. The van der Waals surface area contributed by atoms with Crippen LogP contribution in [-0.2, 0) is 12.8 Å². The zero-order valence-electron chi connectivity index (χ0n) is 8.24. The maximum absolute atomic E-state index is 3.22. The van der Waals surface area contributed by atoms with E-state index in [9.17, 15) is 0 Å². The Balaban J connectivity index is 1.79. The molecule has 72 valence electrons. The minimum absolute atomic E-state index is 1.14. The molecule has 0 spiro atoms. The lowest BCUT2D eigenvalue weighted by molar-refractivity contribution is 0.804. The largest absolute Gasteiger partial charge is 0.365 e. The standard InChI is InChI=1S/C13H15N/c1-2-6-12(7-3-1)8-4-9-13-10-5-11-14-13/h1-3,5-7,10-11,14H,4,8-9H2. The molecule has 1 nitrogen and oxygen atoms in total. The molecule has 0 aliphatic rings. The van der Waals surface area contributed by atoms with Crippen LogP contribution in [0.2, 0.25) is 0 Å². The molecule has 1 aromatic heterocycles. The molecule has 1 heteroatoms. The van der Waals surface area contributed by atoms with Crippen molar-refractivity contribution in [3.8, 4) is 0 Å². The molecular weight excluding hydrogens is 170 g/mol. The number of benzene rings is 1. The van der Waals surface area contributed by atoms with Gasteiger partial charge in [0, 0.05) is 11.9 Å². The molecule has 0 unspecified atom stereocenters. The molecule has 0 saturated heterocycles. The van der Waals surface area contributed by atoms with Crippen molar-refractivity contribution in [2.75, 3.05) is 0 Å². The van der Waals surface area contributed by atoms with E-state index in [1.54, 1.807) is 0 Å². The van der Waals surface area contributed by atoms with E-state index in [2.05, 4.69) is 47.4 Å². The van der Waals surface area contributed by atoms with Gasteiger partial charge in [-0.25, -0.2) is 0 Å². The average molecular weight is 185 g/mol. The van der Waals surface area contributed by atoms with E-state index < -0.39 is 0 Å². The van der Waals surface area contributed by atoms with Gasteiger partial charge in [-0.2, -0.15) is 0 Å². The van der Waals surface area contributed by atoms with Gasteiger partial charge >= 0.3 is 0 Å². The summed E-state index contributed by atoms with van der Waals surface area (Å²) in [6.45, 7) is 0. The van der Waals surface area contributed by atoms with Gasteiger partial charge in [0.05, 0.1) is 0 Å². The highest BCUT2D eigenvalue weighted by molar-refractivity contribution is 5.15. The molecule has 2 aromatic rings. The number of hydrogen-bond donors (Lipinski definition) is 1. The topological polar surface area (TPSA) is 15.8 Å². The molecule has 0 aliphatic carbocycles. The zero-order valence-corrected chi connectivity index (χ0v) is 8.24. The van der Waals surface area contributed by atoms with E-state index in [0.717, 1.165) is 6.42 Å². The lowest BCUT2D eigenvalue weighted by Gasteiger charge is -1.99. The summed E-state index contributed by atoms with van der Waals surface area (Å²) < 4.78 is 0. The van der Waals surface area contributed by atoms with E-state index in [1.165, 1.54) is 24.1 Å². The molecule has 1 heterocycles. The van der Waals surface area contributed by atoms with Gasteiger partial charge in [0.15, 0.2) is 0 Å². The van der Waals surface area contributed by atoms with E-state index in [0.29, 0.717) is 0 Å². The maximum atomic E-state index is 3.22. The molecule has 2 rings (SSSR count). The molecule has 0 fully saturated rings. The van der Waals surface area contributed by atoms with Crippen LogP contribution in [0.4, 0.5) is 0 Å². The third kappa shape index (κ3) is 2.49.